The molecule has 0 spiro atoms. The first-order chi connectivity index (χ1) is 17.0. The third-order valence-electron chi connectivity index (χ3n) is 6.44. The number of rotatable bonds is 6. The molecule has 0 bridgehead atoms. The van der Waals surface area contributed by atoms with Gasteiger partial charge in [0.15, 0.2) is 0 Å². The summed E-state index contributed by atoms with van der Waals surface area (Å²) in [6.45, 7) is 3.85. The lowest BCUT2D eigenvalue weighted by molar-refractivity contribution is 0.0827. The fraction of sp³-hybridized carbons (Fsp3) is 0.333. The lowest BCUT2D eigenvalue weighted by atomic mass is 10.1. The van der Waals surface area contributed by atoms with Crippen LogP contribution in [0, 0.1) is 0 Å². The summed E-state index contributed by atoms with van der Waals surface area (Å²) >= 11 is 0. The van der Waals surface area contributed by atoms with Crippen LogP contribution in [0.2, 0.25) is 0 Å². The minimum Gasteiger partial charge on any atom is -0.489 e. The van der Waals surface area contributed by atoms with Gasteiger partial charge in [-0.2, -0.15) is 0 Å². The molecule has 5 rings (SSSR count). The molecule has 1 amide bonds. The van der Waals surface area contributed by atoms with Gasteiger partial charge in [-0.05, 0) is 48.4 Å². The van der Waals surface area contributed by atoms with Gasteiger partial charge in [-0.1, -0.05) is 6.92 Å². The largest absolute Gasteiger partial charge is 0.489 e. The monoisotopic (exact) mass is 470 g/mol. The van der Waals surface area contributed by atoms with Crippen molar-refractivity contribution < 1.29 is 9.53 Å². The van der Waals surface area contributed by atoms with Gasteiger partial charge in [0.05, 0.1) is 11.7 Å². The lowest BCUT2D eigenvalue weighted by Gasteiger charge is -2.32. The predicted molar refractivity (Wildman–Crippen MR) is 136 cm³/mol. The van der Waals surface area contributed by atoms with Crippen LogP contribution in [0.15, 0.2) is 61.2 Å². The second-order valence-corrected chi connectivity index (χ2v) is 9.06. The van der Waals surface area contributed by atoms with Gasteiger partial charge in [0, 0.05) is 69.6 Å². The molecule has 4 heterocycles. The molecule has 1 fully saturated rings. The Bertz CT molecular complexity index is 1310. The van der Waals surface area contributed by atoms with Gasteiger partial charge in [0.2, 0.25) is 5.95 Å². The molecule has 8 nitrogen and oxygen atoms in total. The highest BCUT2D eigenvalue weighted by atomic mass is 16.5. The van der Waals surface area contributed by atoms with Crippen LogP contribution in [0.4, 0.5) is 5.95 Å². The molecular weight excluding hydrogens is 440 g/mol. The standard InChI is InChI=1S/C27H30N6O2/c1-4-19-16-29-27(30-17-19)32-12-10-22(11-13-32)35-23-6-8-25(28-18-23)33-14-9-20-15-21(5-7-24(20)33)26(34)31(2)3/h5-9,14-18,22H,4,10-13H2,1-3H3. The number of hydrogen-bond donors (Lipinski definition) is 0. The first kappa shape index (κ1) is 22.8. The quantitative estimate of drug-likeness (QED) is 0.422. The predicted octanol–water partition coefficient (Wildman–Crippen LogP) is 4.13. The molecule has 4 aromatic rings. The first-order valence-corrected chi connectivity index (χ1v) is 12.0. The van der Waals surface area contributed by atoms with Crippen LogP contribution in [0.1, 0.15) is 35.7 Å². The van der Waals surface area contributed by atoms with Gasteiger partial charge < -0.3 is 19.1 Å². The number of anilines is 1. The maximum atomic E-state index is 12.3. The molecule has 0 atom stereocenters. The number of aromatic nitrogens is 4. The van der Waals surface area contributed by atoms with Crippen molar-refractivity contribution in [2.24, 2.45) is 0 Å². The first-order valence-electron chi connectivity index (χ1n) is 12.0. The fourth-order valence-electron chi connectivity index (χ4n) is 4.38. The zero-order valence-electron chi connectivity index (χ0n) is 20.4. The maximum absolute atomic E-state index is 12.3. The van der Waals surface area contributed by atoms with E-state index < -0.39 is 0 Å². The number of piperidine rings is 1. The second kappa shape index (κ2) is 9.74. The Labute approximate surface area is 205 Å². The van der Waals surface area contributed by atoms with E-state index in [2.05, 4.69) is 26.8 Å². The molecule has 35 heavy (non-hydrogen) atoms. The SMILES string of the molecule is CCc1cnc(N2CCC(Oc3ccc(-n4ccc5cc(C(=O)N(C)C)ccc54)nc3)CC2)nc1. The smallest absolute Gasteiger partial charge is 0.253 e. The fourth-order valence-corrected chi connectivity index (χ4v) is 4.38. The normalized spacial score (nSPS) is 14.3. The van der Waals surface area contributed by atoms with Gasteiger partial charge in [0.1, 0.15) is 17.7 Å². The van der Waals surface area contributed by atoms with Crippen LogP contribution in [-0.4, -0.2) is 63.6 Å². The Morgan fingerprint density at radius 2 is 1.80 bits per heavy atom. The minimum absolute atomic E-state index is 0.00737. The highest BCUT2D eigenvalue weighted by molar-refractivity contribution is 5.98. The Balaban J connectivity index is 1.22. The molecule has 0 saturated carbocycles. The molecule has 1 saturated heterocycles. The molecule has 0 aliphatic carbocycles. The van der Waals surface area contributed by atoms with E-state index in [-0.39, 0.29) is 12.0 Å². The van der Waals surface area contributed by atoms with Crippen LogP contribution >= 0.6 is 0 Å². The summed E-state index contributed by atoms with van der Waals surface area (Å²) in [4.78, 5) is 29.7. The number of hydrogen-bond acceptors (Lipinski definition) is 6. The third-order valence-corrected chi connectivity index (χ3v) is 6.44. The average molecular weight is 471 g/mol. The molecule has 0 radical (unpaired) electrons. The summed E-state index contributed by atoms with van der Waals surface area (Å²) in [5.74, 6) is 2.36. The van der Waals surface area contributed by atoms with E-state index in [1.807, 2.05) is 59.6 Å². The molecular formula is C27H30N6O2. The van der Waals surface area contributed by atoms with Crippen LogP contribution in [0.25, 0.3) is 16.7 Å². The zero-order valence-corrected chi connectivity index (χ0v) is 20.4. The zero-order chi connectivity index (χ0) is 24.4. The molecule has 1 aliphatic rings. The van der Waals surface area contributed by atoms with Gasteiger partial charge in [-0.3, -0.25) is 4.79 Å². The van der Waals surface area contributed by atoms with Crippen molar-refractivity contribution in [3.8, 4) is 11.6 Å². The lowest BCUT2D eigenvalue weighted by Crippen LogP contribution is -2.39. The van der Waals surface area contributed by atoms with E-state index in [1.165, 1.54) is 0 Å². The van der Waals surface area contributed by atoms with Crippen molar-refractivity contribution in [2.45, 2.75) is 32.3 Å². The third kappa shape index (κ3) is 4.82. The molecule has 1 aliphatic heterocycles. The van der Waals surface area contributed by atoms with Gasteiger partial charge in [0.25, 0.3) is 5.91 Å². The minimum atomic E-state index is -0.00737. The Hall–Kier alpha value is -3.94. The van der Waals surface area contributed by atoms with Crippen molar-refractivity contribution in [3.05, 3.63) is 72.3 Å². The van der Waals surface area contributed by atoms with Crippen LogP contribution in [0.5, 0.6) is 5.75 Å². The number of aryl methyl sites for hydroxylation is 1. The van der Waals surface area contributed by atoms with Crippen LogP contribution in [0.3, 0.4) is 0 Å². The summed E-state index contributed by atoms with van der Waals surface area (Å²) < 4.78 is 8.24. The summed E-state index contributed by atoms with van der Waals surface area (Å²) in [6.07, 6.45) is 10.5. The van der Waals surface area contributed by atoms with E-state index in [0.717, 1.165) is 66.3 Å². The molecule has 0 unspecified atom stereocenters. The summed E-state index contributed by atoms with van der Waals surface area (Å²) in [7, 11) is 3.52. The summed E-state index contributed by atoms with van der Waals surface area (Å²) in [5.41, 5.74) is 2.83. The van der Waals surface area contributed by atoms with Crippen molar-refractivity contribution in [1.29, 1.82) is 0 Å². The van der Waals surface area contributed by atoms with E-state index in [9.17, 15) is 4.79 Å². The second-order valence-electron chi connectivity index (χ2n) is 9.06. The van der Waals surface area contributed by atoms with Crippen LogP contribution in [-0.2, 0) is 6.42 Å². The molecule has 1 aromatic carbocycles. The van der Waals surface area contributed by atoms with Gasteiger partial charge >= 0.3 is 0 Å². The summed E-state index contributed by atoms with van der Waals surface area (Å²) in [6, 6.07) is 11.7. The molecule has 0 N–H and O–H groups in total. The van der Waals surface area contributed by atoms with E-state index >= 15 is 0 Å². The number of amides is 1. The van der Waals surface area contributed by atoms with Gasteiger partial charge in [-0.15, -0.1) is 0 Å². The number of fused-ring (bicyclic) bond motifs is 1. The molecule has 8 heteroatoms. The van der Waals surface area contributed by atoms with Crippen molar-refractivity contribution >= 4 is 22.8 Å². The maximum Gasteiger partial charge on any atom is 0.253 e. The number of nitrogens with zero attached hydrogens (tertiary/aromatic N) is 6. The average Bonchev–Trinajstić information content (AvgIpc) is 3.32. The van der Waals surface area contributed by atoms with Crippen molar-refractivity contribution in [1.82, 2.24) is 24.4 Å². The number of benzene rings is 1. The molecule has 180 valence electrons. The number of pyridine rings is 1. The van der Waals surface area contributed by atoms with E-state index in [1.54, 1.807) is 25.2 Å². The number of carbonyl (C=O) groups is 1. The van der Waals surface area contributed by atoms with Crippen LogP contribution < -0.4 is 9.64 Å². The highest BCUT2D eigenvalue weighted by Crippen LogP contribution is 2.24. The van der Waals surface area contributed by atoms with Gasteiger partial charge in [-0.25, -0.2) is 15.0 Å². The van der Waals surface area contributed by atoms with Crippen molar-refractivity contribution in [3.63, 3.8) is 0 Å². The Morgan fingerprint density at radius 3 is 2.46 bits per heavy atom. The Kier molecular flexibility index (Phi) is 6.35. The number of ether oxygens (including phenoxy) is 1. The topological polar surface area (TPSA) is 76.4 Å². The number of carbonyl (C=O) groups excluding carboxylic acids is 1. The summed E-state index contributed by atoms with van der Waals surface area (Å²) in [5, 5.41) is 1.000. The Morgan fingerprint density at radius 1 is 1.03 bits per heavy atom. The van der Waals surface area contributed by atoms with E-state index in [4.69, 9.17) is 4.74 Å². The highest BCUT2D eigenvalue weighted by Gasteiger charge is 2.22. The van der Waals surface area contributed by atoms with E-state index in [0.29, 0.717) is 5.56 Å². The van der Waals surface area contributed by atoms with Crippen molar-refractivity contribution in [2.75, 3.05) is 32.1 Å². The molecule has 3 aromatic heterocycles.